The molecule has 2 N–H and O–H groups in total. The number of carbonyl (C=O) groups excluding carboxylic acids is 2. The van der Waals surface area contributed by atoms with E-state index in [0.717, 1.165) is 19.4 Å². The number of hydrogen-bond donors (Lipinski definition) is 2. The number of nitrogens with one attached hydrogen (secondary N) is 2. The van der Waals surface area contributed by atoms with Crippen molar-refractivity contribution in [3.8, 4) is 5.75 Å². The Bertz CT molecular complexity index is 793. The second kappa shape index (κ2) is 7.48. The summed E-state index contributed by atoms with van der Waals surface area (Å²) in [7, 11) is 3.41. The third-order valence-electron chi connectivity index (χ3n) is 4.50. The number of aromatic nitrogens is 1. The lowest BCUT2D eigenvalue weighted by Gasteiger charge is -2.24. The average Bonchev–Trinajstić information content (AvgIpc) is 3.13. The molecule has 1 atom stereocenters. The van der Waals surface area contributed by atoms with Crippen LogP contribution in [0.5, 0.6) is 5.75 Å². The topological polar surface area (TPSA) is 83.6 Å². The van der Waals surface area contributed by atoms with Crippen molar-refractivity contribution in [1.82, 2.24) is 20.5 Å². The lowest BCUT2D eigenvalue weighted by atomic mass is 10.1. The van der Waals surface area contributed by atoms with Crippen molar-refractivity contribution in [2.75, 3.05) is 27.2 Å². The van der Waals surface area contributed by atoms with Crippen LogP contribution in [0.3, 0.4) is 0 Å². The fourth-order valence-corrected chi connectivity index (χ4v) is 3.17. The van der Waals surface area contributed by atoms with Crippen molar-refractivity contribution >= 4 is 22.7 Å². The Morgan fingerprint density at radius 1 is 1.36 bits per heavy atom. The molecular formula is C18H22N4O3. The Balaban J connectivity index is 1.73. The number of pyridine rings is 1. The Kier molecular flexibility index (Phi) is 5.14. The van der Waals surface area contributed by atoms with Gasteiger partial charge in [0.25, 0.3) is 5.91 Å². The van der Waals surface area contributed by atoms with Gasteiger partial charge in [0.15, 0.2) is 0 Å². The van der Waals surface area contributed by atoms with Gasteiger partial charge >= 0.3 is 0 Å². The lowest BCUT2D eigenvalue weighted by Crippen LogP contribution is -2.47. The van der Waals surface area contributed by atoms with Crippen molar-refractivity contribution in [2.24, 2.45) is 0 Å². The second-order valence-corrected chi connectivity index (χ2v) is 5.96. The summed E-state index contributed by atoms with van der Waals surface area (Å²) in [5, 5.41) is 6.54. The van der Waals surface area contributed by atoms with Gasteiger partial charge in [-0.3, -0.25) is 14.6 Å². The first-order chi connectivity index (χ1) is 12.1. The van der Waals surface area contributed by atoms with Crippen LogP contribution in [-0.4, -0.2) is 55.1 Å². The molecule has 0 spiro atoms. The smallest absolute Gasteiger partial charge is 0.252 e. The highest BCUT2D eigenvalue weighted by Crippen LogP contribution is 2.22. The number of benzene rings is 1. The molecular weight excluding hydrogens is 320 g/mol. The number of fused-ring (bicyclic) bond motifs is 1. The normalized spacial score (nSPS) is 16.9. The first kappa shape index (κ1) is 17.2. The zero-order valence-corrected chi connectivity index (χ0v) is 14.4. The largest absolute Gasteiger partial charge is 0.497 e. The lowest BCUT2D eigenvalue weighted by molar-refractivity contribution is -0.131. The minimum atomic E-state index is -0.297. The van der Waals surface area contributed by atoms with E-state index in [1.807, 2.05) is 7.05 Å². The van der Waals surface area contributed by atoms with Crippen LogP contribution in [0.25, 0.3) is 10.9 Å². The SMILES string of the molecule is CN[C@@H]1CCCN1C(=O)CNC(=O)c1ccnc2ccc(OC)cc12. The molecule has 1 aromatic carbocycles. The standard InChI is InChI=1S/C18H22N4O3/c1-19-16-4-3-9-22(16)17(23)11-21-18(24)13-7-8-20-15-6-5-12(25-2)10-14(13)15/h5-8,10,16,19H,3-4,9,11H2,1-2H3,(H,21,24)/t16-/m0/s1. The van der Waals surface area contributed by atoms with Gasteiger partial charge in [0.2, 0.25) is 5.91 Å². The molecule has 1 saturated heterocycles. The van der Waals surface area contributed by atoms with E-state index in [1.54, 1.807) is 42.5 Å². The minimum Gasteiger partial charge on any atom is -0.497 e. The molecule has 1 aliphatic heterocycles. The third-order valence-corrected chi connectivity index (χ3v) is 4.50. The van der Waals surface area contributed by atoms with E-state index in [1.165, 1.54) is 0 Å². The zero-order chi connectivity index (χ0) is 17.8. The predicted molar refractivity (Wildman–Crippen MR) is 94.4 cm³/mol. The molecule has 2 amide bonds. The third kappa shape index (κ3) is 3.56. The Morgan fingerprint density at radius 2 is 2.20 bits per heavy atom. The maximum absolute atomic E-state index is 12.6. The molecule has 0 unspecified atom stereocenters. The summed E-state index contributed by atoms with van der Waals surface area (Å²) in [5.41, 5.74) is 1.18. The Hall–Kier alpha value is -2.67. The quantitative estimate of drug-likeness (QED) is 0.851. The van der Waals surface area contributed by atoms with Crippen LogP contribution < -0.4 is 15.4 Å². The van der Waals surface area contributed by atoms with E-state index >= 15 is 0 Å². The summed E-state index contributed by atoms with van der Waals surface area (Å²) in [4.78, 5) is 30.9. The maximum atomic E-state index is 12.6. The van der Waals surface area contributed by atoms with Crippen LogP contribution in [0.15, 0.2) is 30.5 Å². The molecule has 2 aromatic rings. The van der Waals surface area contributed by atoms with Gasteiger partial charge in [-0.05, 0) is 44.2 Å². The number of carbonyl (C=O) groups is 2. The first-order valence-electron chi connectivity index (χ1n) is 8.31. The number of amides is 2. The average molecular weight is 342 g/mol. The van der Waals surface area contributed by atoms with Crippen LogP contribution >= 0.6 is 0 Å². The van der Waals surface area contributed by atoms with Gasteiger partial charge in [-0.15, -0.1) is 0 Å². The second-order valence-electron chi connectivity index (χ2n) is 5.96. The summed E-state index contributed by atoms with van der Waals surface area (Å²) >= 11 is 0. The van der Waals surface area contributed by atoms with Crippen LogP contribution in [-0.2, 0) is 4.79 Å². The molecule has 25 heavy (non-hydrogen) atoms. The highest BCUT2D eigenvalue weighted by molar-refractivity contribution is 6.07. The first-order valence-corrected chi connectivity index (χ1v) is 8.31. The van der Waals surface area contributed by atoms with Crippen molar-refractivity contribution in [1.29, 1.82) is 0 Å². The molecule has 0 bridgehead atoms. The van der Waals surface area contributed by atoms with Gasteiger partial charge in [0, 0.05) is 18.1 Å². The van der Waals surface area contributed by atoms with Crippen molar-refractivity contribution in [3.05, 3.63) is 36.0 Å². The number of likely N-dealkylation sites (tertiary alicyclic amines) is 1. The van der Waals surface area contributed by atoms with Crippen molar-refractivity contribution in [2.45, 2.75) is 19.0 Å². The van der Waals surface area contributed by atoms with Gasteiger partial charge in [-0.2, -0.15) is 0 Å². The van der Waals surface area contributed by atoms with Gasteiger partial charge in [-0.25, -0.2) is 0 Å². The molecule has 2 heterocycles. The number of methoxy groups -OCH3 is 1. The molecule has 7 nitrogen and oxygen atoms in total. The van der Waals surface area contributed by atoms with Gasteiger partial charge < -0.3 is 20.3 Å². The Morgan fingerprint density at radius 3 is 2.96 bits per heavy atom. The zero-order valence-electron chi connectivity index (χ0n) is 14.4. The van der Waals surface area contributed by atoms with E-state index in [4.69, 9.17) is 4.74 Å². The van der Waals surface area contributed by atoms with Gasteiger partial charge in [0.05, 0.1) is 30.9 Å². The molecule has 1 fully saturated rings. The van der Waals surface area contributed by atoms with Crippen LogP contribution in [0.1, 0.15) is 23.2 Å². The fourth-order valence-electron chi connectivity index (χ4n) is 3.17. The molecule has 1 aromatic heterocycles. The van der Waals surface area contributed by atoms with Crippen LogP contribution in [0, 0.1) is 0 Å². The molecule has 0 saturated carbocycles. The summed E-state index contributed by atoms with van der Waals surface area (Å²) in [6, 6.07) is 7.02. The number of hydrogen-bond acceptors (Lipinski definition) is 5. The number of nitrogens with zero attached hydrogens (tertiary/aromatic N) is 2. The Labute approximate surface area is 146 Å². The monoisotopic (exact) mass is 342 g/mol. The summed E-state index contributed by atoms with van der Waals surface area (Å²) in [5.74, 6) is 0.273. The maximum Gasteiger partial charge on any atom is 0.252 e. The van der Waals surface area contributed by atoms with E-state index in [9.17, 15) is 9.59 Å². The van der Waals surface area contributed by atoms with E-state index < -0.39 is 0 Å². The highest BCUT2D eigenvalue weighted by Gasteiger charge is 2.27. The summed E-state index contributed by atoms with van der Waals surface area (Å²) in [6.07, 6.45) is 3.55. The number of rotatable bonds is 5. The molecule has 132 valence electrons. The van der Waals surface area contributed by atoms with E-state index in [2.05, 4.69) is 15.6 Å². The van der Waals surface area contributed by atoms with Crippen molar-refractivity contribution in [3.63, 3.8) is 0 Å². The van der Waals surface area contributed by atoms with Crippen molar-refractivity contribution < 1.29 is 14.3 Å². The number of ether oxygens (including phenoxy) is 1. The highest BCUT2D eigenvalue weighted by atomic mass is 16.5. The van der Waals surface area contributed by atoms with Gasteiger partial charge in [0.1, 0.15) is 5.75 Å². The fraction of sp³-hybridized carbons (Fsp3) is 0.389. The molecule has 0 radical (unpaired) electrons. The van der Waals surface area contributed by atoms with E-state index in [-0.39, 0.29) is 24.5 Å². The molecule has 3 rings (SSSR count). The molecule has 7 heteroatoms. The molecule has 0 aliphatic carbocycles. The minimum absolute atomic E-state index is 0.0230. The van der Waals surface area contributed by atoms with E-state index in [0.29, 0.717) is 22.2 Å². The summed E-state index contributed by atoms with van der Waals surface area (Å²) < 4.78 is 5.22. The summed E-state index contributed by atoms with van der Waals surface area (Å²) in [6.45, 7) is 0.695. The predicted octanol–water partition coefficient (Wildman–Crippen LogP) is 1.14. The van der Waals surface area contributed by atoms with Crippen LogP contribution in [0.2, 0.25) is 0 Å². The van der Waals surface area contributed by atoms with Gasteiger partial charge in [-0.1, -0.05) is 0 Å². The van der Waals surface area contributed by atoms with Crippen LogP contribution in [0.4, 0.5) is 0 Å². The molecule has 1 aliphatic rings.